The van der Waals surface area contributed by atoms with Crippen LogP contribution in [0, 0.1) is 0 Å². The molecule has 4 aliphatic heterocycles. The van der Waals surface area contributed by atoms with E-state index in [9.17, 15) is 19.2 Å². The summed E-state index contributed by atoms with van der Waals surface area (Å²) >= 11 is 0. The summed E-state index contributed by atoms with van der Waals surface area (Å²) in [5, 5.41) is 10.5. The Labute approximate surface area is 787 Å². The van der Waals surface area contributed by atoms with Gasteiger partial charge in [-0.2, -0.15) is 19.9 Å². The molecule has 36 heteroatoms. The maximum absolute atomic E-state index is 11.8. The molecule has 135 heavy (non-hydrogen) atoms. The molecule has 5 aromatic carbocycles. The van der Waals surface area contributed by atoms with Crippen LogP contribution in [0.2, 0.25) is 0 Å². The van der Waals surface area contributed by atoms with Gasteiger partial charge in [-0.05, 0) is 153 Å². The van der Waals surface area contributed by atoms with Crippen LogP contribution >= 0.6 is 0 Å². The summed E-state index contributed by atoms with van der Waals surface area (Å²) in [5.41, 5.74) is 16.1. The monoisotopic (exact) mass is 1840 g/mol. The second-order valence-corrected chi connectivity index (χ2v) is 34.2. The van der Waals surface area contributed by atoms with Gasteiger partial charge in [0.2, 0.25) is 35.6 Å². The molecule has 0 radical (unpaired) electrons. The number of fused-ring (bicyclic) bond motifs is 4. The fourth-order valence-corrected chi connectivity index (χ4v) is 15.6. The number of imidazole rings is 4. The number of nitrogens with zero attached hydrogens (tertiary/aromatic N) is 20. The van der Waals surface area contributed by atoms with Gasteiger partial charge >= 0.3 is 0 Å². The summed E-state index contributed by atoms with van der Waals surface area (Å²) in [4.78, 5) is 112. The van der Waals surface area contributed by atoms with Crippen molar-refractivity contribution in [1.29, 1.82) is 0 Å². The van der Waals surface area contributed by atoms with Crippen molar-refractivity contribution in [1.82, 2.24) is 99.3 Å². The average Bonchev–Trinajstić information content (AvgIpc) is 1.66. The van der Waals surface area contributed by atoms with Crippen molar-refractivity contribution in [2.45, 2.75) is 144 Å². The summed E-state index contributed by atoms with van der Waals surface area (Å²) in [6.07, 6.45) is 14.2. The third-order valence-electron chi connectivity index (χ3n) is 23.4. The summed E-state index contributed by atoms with van der Waals surface area (Å²) in [6.45, 7) is 30.6. The Morgan fingerprint density at radius 3 is 1.06 bits per heavy atom. The molecule has 4 N–H and O–H groups in total. The number of benzene rings is 5. The van der Waals surface area contributed by atoms with Crippen LogP contribution < -0.4 is 55.1 Å². The Bertz CT molecular complexity index is 6060. The van der Waals surface area contributed by atoms with E-state index in [1.807, 2.05) is 110 Å². The number of aromatic nitrogens is 16. The molecule has 0 atom stereocenters. The number of hydrogen-bond donors (Lipinski definition) is 4. The molecule has 12 heterocycles. The van der Waals surface area contributed by atoms with E-state index in [1.165, 1.54) is 0 Å². The van der Waals surface area contributed by atoms with E-state index in [4.69, 9.17) is 77.8 Å². The lowest BCUT2D eigenvalue weighted by atomic mass is 10.1. The zero-order valence-electron chi connectivity index (χ0n) is 79.5. The highest BCUT2D eigenvalue weighted by atomic mass is 16.5. The highest BCUT2D eigenvalue weighted by molar-refractivity contribution is 5.95. The van der Waals surface area contributed by atoms with Gasteiger partial charge in [0.05, 0.1) is 91.4 Å². The van der Waals surface area contributed by atoms with Gasteiger partial charge in [0.25, 0.3) is 11.8 Å². The number of carbonyl (C=O) groups is 4. The molecule has 13 aromatic rings. The van der Waals surface area contributed by atoms with Crippen molar-refractivity contribution in [3.8, 4) is 62.3 Å². The Hall–Kier alpha value is -13.4. The predicted octanol–water partition coefficient (Wildman–Crippen LogP) is 13.2. The second-order valence-electron chi connectivity index (χ2n) is 34.2. The number of unbranched alkanes of at least 4 members (excludes halogenated alkanes) is 4. The van der Waals surface area contributed by atoms with Crippen LogP contribution in [0.4, 0.5) is 23.8 Å². The molecule has 4 amide bonds. The maximum atomic E-state index is 11.8. The Kier molecular flexibility index (Phi) is 34.7. The van der Waals surface area contributed by atoms with Gasteiger partial charge in [-0.3, -0.25) is 19.2 Å². The van der Waals surface area contributed by atoms with Crippen molar-refractivity contribution < 1.29 is 57.1 Å². The van der Waals surface area contributed by atoms with Gasteiger partial charge in [0.1, 0.15) is 68.7 Å². The van der Waals surface area contributed by atoms with Gasteiger partial charge in [-0.25, -0.2) is 39.9 Å². The molecule has 0 spiro atoms. The SMILES string of the molecule is CNC(=O)CCCCCCOc1ccc(-c2nc(N3CCOCC3)nc3c2ncn3C(C)C)cc1.CNC(=O)CCCCOCc1ccc(-c2nc(N3CCOCC3)nc3c2ncn3C(C)C)cc1.CNC(=O)COc1cccc(-c2nc(N3CCOCC3)nc3c2ncn3C(C)C)c1.CNC(=O)c1ccc(COc2cccc(-c3nc(N4CCOCC4)nc4c3ncn4C(C)C)c2)cc1. The molecular formula is C99H126N24O12. The van der Waals surface area contributed by atoms with E-state index in [-0.39, 0.29) is 54.4 Å². The lowest BCUT2D eigenvalue weighted by Gasteiger charge is -2.27. The van der Waals surface area contributed by atoms with Crippen LogP contribution in [0.5, 0.6) is 17.2 Å². The minimum absolute atomic E-state index is 0.0415. The van der Waals surface area contributed by atoms with Gasteiger partial charge < -0.3 is 97.0 Å². The maximum Gasteiger partial charge on any atom is 0.257 e. The molecule has 17 rings (SSSR count). The smallest absolute Gasteiger partial charge is 0.257 e. The predicted molar refractivity (Wildman–Crippen MR) is 521 cm³/mol. The average molecular weight is 1840 g/mol. The largest absolute Gasteiger partial charge is 0.494 e. The molecule has 4 fully saturated rings. The number of nitrogens with one attached hydrogen (secondary N) is 4. The second kappa shape index (κ2) is 48.0. The van der Waals surface area contributed by atoms with Crippen LogP contribution in [-0.2, 0) is 51.3 Å². The number of carbonyl (C=O) groups excluding carboxylic acids is 4. The minimum atomic E-state index is -0.185. The number of likely N-dealkylation sites (N-methyl/N-ethyl adjacent to an activating group) is 1. The first-order valence-corrected chi connectivity index (χ1v) is 46.8. The highest BCUT2D eigenvalue weighted by Gasteiger charge is 2.28. The number of morpholine rings is 4. The van der Waals surface area contributed by atoms with E-state index >= 15 is 0 Å². The van der Waals surface area contributed by atoms with Crippen LogP contribution in [0.1, 0.15) is 152 Å². The quantitative estimate of drug-likeness (QED) is 0.0272. The van der Waals surface area contributed by atoms with Crippen molar-refractivity contribution in [3.05, 3.63) is 163 Å². The lowest BCUT2D eigenvalue weighted by molar-refractivity contribution is -0.123. The van der Waals surface area contributed by atoms with E-state index in [2.05, 4.69) is 159 Å². The molecule has 8 aromatic heterocycles. The third-order valence-corrected chi connectivity index (χ3v) is 23.4. The highest BCUT2D eigenvalue weighted by Crippen LogP contribution is 2.37. The topological polar surface area (TPSA) is 378 Å². The van der Waals surface area contributed by atoms with E-state index in [0.29, 0.717) is 115 Å². The van der Waals surface area contributed by atoms with E-state index in [0.717, 1.165) is 215 Å². The summed E-state index contributed by atoms with van der Waals surface area (Å²) in [5.74, 6) is 4.84. The first-order valence-electron chi connectivity index (χ1n) is 46.8. The molecule has 4 saturated heterocycles. The Morgan fingerprint density at radius 1 is 0.341 bits per heavy atom. The van der Waals surface area contributed by atoms with Crippen LogP contribution in [-0.4, -0.2) is 255 Å². The van der Waals surface area contributed by atoms with Gasteiger partial charge in [0, 0.05) is 152 Å². The standard InChI is InChI=1S/C27H30N6O3.C26H36N6O3.C25H34N6O3.C21H26N6O3/c1-18(2)33-17-29-24-23(30-27(31-25(24)33)32-11-13-35-14-12-32)21-5-4-6-22(15-21)36-16-19-7-9-20(10-8-19)26(34)28-3;1-19(2)32-18-28-24-23(29-26(30-25(24)32)31-13-16-34-17-14-31)20-9-11-21(12-10-20)35-15-7-5-4-6-8-22(33)27-3;1-18(2)31-17-27-23-22(28-25(29-24(23)31)30-11-14-33-15-12-30)20-9-7-19(8-10-20)16-34-13-5-4-6-21(32)26-3;1-14(2)27-13-23-19-18(15-5-4-6-16(11-15)30-12-17(28)22-3)24-21(25-20(19)27)26-7-9-29-10-8-26/h4-10,15,17-18H,11-14,16H2,1-3H3,(H,28,34);9-12,18-19H,4-8,13-17H2,1-3H3,(H,27,33);7-10,17-18H,4-6,11-16H2,1-3H3,(H,26,32);4-6,11,13-14H,7-10,12H2,1-3H3,(H,22,28). The number of anilines is 4. The van der Waals surface area contributed by atoms with Gasteiger partial charge in [0.15, 0.2) is 29.2 Å². The lowest BCUT2D eigenvalue weighted by Crippen LogP contribution is -2.37. The molecular weight excluding hydrogens is 1720 g/mol. The van der Waals surface area contributed by atoms with Crippen molar-refractivity contribution >= 4 is 92.1 Å². The fourth-order valence-electron chi connectivity index (χ4n) is 15.6. The van der Waals surface area contributed by atoms with Crippen molar-refractivity contribution in [3.63, 3.8) is 0 Å². The molecule has 0 saturated carbocycles. The van der Waals surface area contributed by atoms with E-state index in [1.54, 1.807) is 40.3 Å². The van der Waals surface area contributed by atoms with Gasteiger partial charge in [-0.1, -0.05) is 73.5 Å². The molecule has 0 unspecified atom stereocenters. The van der Waals surface area contributed by atoms with Crippen molar-refractivity contribution in [2.24, 2.45) is 0 Å². The third kappa shape index (κ3) is 25.6. The molecule has 4 aliphatic rings. The summed E-state index contributed by atoms with van der Waals surface area (Å²) in [6, 6.07) is 40.1. The molecule has 0 bridgehead atoms. The van der Waals surface area contributed by atoms with E-state index < -0.39 is 0 Å². The first-order chi connectivity index (χ1) is 65.7. The number of hydrogen-bond acceptors (Lipinski definition) is 28. The Balaban J connectivity index is 0.000000145. The number of amides is 4. The van der Waals surface area contributed by atoms with Crippen LogP contribution in [0.25, 0.3) is 89.7 Å². The minimum Gasteiger partial charge on any atom is -0.494 e. The summed E-state index contributed by atoms with van der Waals surface area (Å²) in [7, 11) is 6.54. The van der Waals surface area contributed by atoms with Crippen LogP contribution in [0.3, 0.4) is 0 Å². The summed E-state index contributed by atoms with van der Waals surface area (Å²) < 4.78 is 53.8. The molecule has 0 aliphatic carbocycles. The van der Waals surface area contributed by atoms with Gasteiger partial charge in [-0.15, -0.1) is 0 Å². The zero-order chi connectivity index (χ0) is 94.7. The molecule has 714 valence electrons. The molecule has 36 nitrogen and oxygen atoms in total. The fraction of sp³-hybridized carbons (Fsp3) is 0.455. The zero-order valence-corrected chi connectivity index (χ0v) is 79.5. The normalized spacial score (nSPS) is 14.1. The first kappa shape index (κ1) is 97.6. The Morgan fingerprint density at radius 2 is 0.681 bits per heavy atom. The van der Waals surface area contributed by atoms with Crippen molar-refractivity contribution in [2.75, 3.05) is 173 Å². The number of rotatable bonds is 34. The van der Waals surface area contributed by atoms with Crippen LogP contribution in [0.15, 0.2) is 147 Å². The number of ether oxygens (including phenoxy) is 8.